The Hall–Kier alpha value is -1.15. The van der Waals surface area contributed by atoms with Crippen LogP contribution < -0.4 is 9.46 Å². The summed E-state index contributed by atoms with van der Waals surface area (Å²) in [4.78, 5) is 0.0797. The number of methoxy groups -OCH3 is 1. The number of sulfonamides is 1. The molecule has 1 aliphatic heterocycles. The minimum absolute atomic E-state index is 0.0797. The molecule has 0 spiro atoms. The predicted molar refractivity (Wildman–Crippen MR) is 73.0 cm³/mol. The third-order valence-electron chi connectivity index (χ3n) is 3.29. The van der Waals surface area contributed by atoms with Crippen molar-refractivity contribution < 1.29 is 23.0 Å². The van der Waals surface area contributed by atoms with Crippen molar-refractivity contribution in [1.82, 2.24) is 4.72 Å². The van der Waals surface area contributed by atoms with Crippen LogP contribution in [0.5, 0.6) is 5.75 Å². The Labute approximate surface area is 118 Å². The fraction of sp³-hybridized carbons (Fsp3) is 0.538. The SMILES string of the molecule is COc1cc(CO)ccc1S(=O)(=O)NCC1CCOC1. The molecule has 1 aromatic rings. The third-order valence-corrected chi connectivity index (χ3v) is 4.75. The Balaban J connectivity index is 2.15. The molecule has 20 heavy (non-hydrogen) atoms. The molecular formula is C13H19NO5S. The highest BCUT2D eigenvalue weighted by molar-refractivity contribution is 7.89. The number of aliphatic hydroxyl groups is 1. The van der Waals surface area contributed by atoms with Crippen molar-refractivity contribution in [2.24, 2.45) is 5.92 Å². The minimum Gasteiger partial charge on any atom is -0.495 e. The molecule has 1 aliphatic rings. The molecule has 0 aliphatic carbocycles. The monoisotopic (exact) mass is 301 g/mol. The lowest BCUT2D eigenvalue weighted by Gasteiger charge is -2.13. The Kier molecular flexibility index (Phi) is 4.98. The molecule has 1 unspecified atom stereocenters. The highest BCUT2D eigenvalue weighted by atomic mass is 32.2. The molecule has 0 bridgehead atoms. The molecule has 0 saturated carbocycles. The summed E-state index contributed by atoms with van der Waals surface area (Å²) in [6.07, 6.45) is 0.864. The molecule has 0 amide bonds. The molecule has 112 valence electrons. The lowest BCUT2D eigenvalue weighted by atomic mass is 10.1. The highest BCUT2D eigenvalue weighted by Crippen LogP contribution is 2.25. The molecule has 0 radical (unpaired) electrons. The van der Waals surface area contributed by atoms with Crippen LogP contribution in [0.4, 0.5) is 0 Å². The van der Waals surface area contributed by atoms with E-state index in [1.165, 1.54) is 19.2 Å². The summed E-state index contributed by atoms with van der Waals surface area (Å²) < 4.78 is 37.4. The van der Waals surface area contributed by atoms with Gasteiger partial charge in [0.05, 0.1) is 20.3 Å². The zero-order valence-corrected chi connectivity index (χ0v) is 12.1. The molecule has 2 N–H and O–H groups in total. The average molecular weight is 301 g/mol. The van der Waals surface area contributed by atoms with Gasteiger partial charge in [-0.05, 0) is 30.0 Å². The number of nitrogens with one attached hydrogen (secondary N) is 1. The second-order valence-electron chi connectivity index (χ2n) is 4.72. The van der Waals surface area contributed by atoms with Crippen molar-refractivity contribution in [1.29, 1.82) is 0 Å². The summed E-state index contributed by atoms with van der Waals surface area (Å²) in [7, 11) is -2.22. The molecular weight excluding hydrogens is 282 g/mol. The fourth-order valence-corrected chi connectivity index (χ4v) is 3.35. The largest absolute Gasteiger partial charge is 0.495 e. The zero-order chi connectivity index (χ0) is 14.6. The molecule has 1 saturated heterocycles. The maximum atomic E-state index is 12.3. The molecule has 6 nitrogen and oxygen atoms in total. The van der Waals surface area contributed by atoms with E-state index in [0.29, 0.717) is 25.3 Å². The van der Waals surface area contributed by atoms with E-state index in [4.69, 9.17) is 14.6 Å². The van der Waals surface area contributed by atoms with E-state index in [1.54, 1.807) is 6.07 Å². The van der Waals surface area contributed by atoms with Crippen molar-refractivity contribution in [2.75, 3.05) is 26.9 Å². The van der Waals surface area contributed by atoms with Gasteiger partial charge in [-0.15, -0.1) is 0 Å². The number of hydrogen-bond acceptors (Lipinski definition) is 5. The fourth-order valence-electron chi connectivity index (χ4n) is 2.08. The van der Waals surface area contributed by atoms with E-state index in [9.17, 15) is 8.42 Å². The van der Waals surface area contributed by atoms with Crippen LogP contribution in [0.2, 0.25) is 0 Å². The summed E-state index contributed by atoms with van der Waals surface area (Å²) in [5.41, 5.74) is 0.602. The maximum absolute atomic E-state index is 12.3. The van der Waals surface area contributed by atoms with Crippen LogP contribution in [-0.4, -0.2) is 40.4 Å². The third kappa shape index (κ3) is 3.49. The lowest BCUT2D eigenvalue weighted by molar-refractivity contribution is 0.186. The molecule has 7 heteroatoms. The quantitative estimate of drug-likeness (QED) is 0.799. The first-order valence-corrected chi connectivity index (χ1v) is 7.90. The number of benzene rings is 1. The minimum atomic E-state index is -3.63. The van der Waals surface area contributed by atoms with Gasteiger partial charge in [-0.25, -0.2) is 13.1 Å². The number of rotatable bonds is 6. The Bertz CT molecular complexity index is 552. The van der Waals surface area contributed by atoms with Gasteiger partial charge in [0.15, 0.2) is 0 Å². The van der Waals surface area contributed by atoms with E-state index in [2.05, 4.69) is 4.72 Å². The van der Waals surface area contributed by atoms with E-state index < -0.39 is 10.0 Å². The second-order valence-corrected chi connectivity index (χ2v) is 6.46. The Morgan fingerprint density at radius 2 is 2.30 bits per heavy atom. The first kappa shape index (κ1) is 15.2. The predicted octanol–water partition coefficient (Wildman–Crippen LogP) is 0.502. The van der Waals surface area contributed by atoms with Crippen LogP contribution in [0.3, 0.4) is 0 Å². The van der Waals surface area contributed by atoms with Gasteiger partial charge in [-0.3, -0.25) is 0 Å². The van der Waals surface area contributed by atoms with Crippen LogP contribution in [-0.2, 0) is 21.4 Å². The summed E-state index contributed by atoms with van der Waals surface area (Å²) in [6.45, 7) is 1.46. The first-order chi connectivity index (χ1) is 9.56. The van der Waals surface area contributed by atoms with E-state index >= 15 is 0 Å². The Morgan fingerprint density at radius 1 is 1.50 bits per heavy atom. The van der Waals surface area contributed by atoms with Gasteiger partial charge in [0, 0.05) is 13.2 Å². The Morgan fingerprint density at radius 3 is 2.90 bits per heavy atom. The molecule has 1 fully saturated rings. The van der Waals surface area contributed by atoms with Gasteiger partial charge in [0.25, 0.3) is 0 Å². The second kappa shape index (κ2) is 6.53. The van der Waals surface area contributed by atoms with Crippen LogP contribution >= 0.6 is 0 Å². The standard InChI is InChI=1S/C13H19NO5S/c1-18-12-6-10(8-15)2-3-13(12)20(16,17)14-7-11-4-5-19-9-11/h2-3,6,11,14-15H,4-5,7-9H2,1H3. The van der Waals surface area contributed by atoms with Crippen molar-refractivity contribution in [3.63, 3.8) is 0 Å². The van der Waals surface area contributed by atoms with Crippen molar-refractivity contribution in [3.05, 3.63) is 23.8 Å². The maximum Gasteiger partial charge on any atom is 0.244 e. The van der Waals surface area contributed by atoms with Crippen LogP contribution in [0, 0.1) is 5.92 Å². The number of hydrogen-bond donors (Lipinski definition) is 2. The lowest BCUT2D eigenvalue weighted by Crippen LogP contribution is -2.30. The van der Waals surface area contributed by atoms with Crippen LogP contribution in [0.1, 0.15) is 12.0 Å². The van der Waals surface area contributed by atoms with Crippen molar-refractivity contribution in [2.45, 2.75) is 17.9 Å². The van der Waals surface area contributed by atoms with Gasteiger partial charge in [0.2, 0.25) is 10.0 Å². The van der Waals surface area contributed by atoms with Gasteiger partial charge in [0.1, 0.15) is 10.6 Å². The van der Waals surface area contributed by atoms with Crippen LogP contribution in [0.15, 0.2) is 23.1 Å². The first-order valence-electron chi connectivity index (χ1n) is 6.42. The van der Waals surface area contributed by atoms with Crippen molar-refractivity contribution in [3.8, 4) is 5.75 Å². The molecule has 1 heterocycles. The smallest absolute Gasteiger partial charge is 0.244 e. The molecule has 2 rings (SSSR count). The number of ether oxygens (including phenoxy) is 2. The molecule has 1 aromatic carbocycles. The normalized spacial score (nSPS) is 19.2. The summed E-state index contributed by atoms with van der Waals surface area (Å²) in [5, 5.41) is 9.06. The molecule has 0 aromatic heterocycles. The van der Waals surface area contributed by atoms with Gasteiger partial charge in [-0.1, -0.05) is 6.07 Å². The highest BCUT2D eigenvalue weighted by Gasteiger charge is 2.23. The topological polar surface area (TPSA) is 84.9 Å². The van der Waals surface area contributed by atoms with E-state index in [0.717, 1.165) is 6.42 Å². The van der Waals surface area contributed by atoms with Gasteiger partial charge in [-0.2, -0.15) is 0 Å². The van der Waals surface area contributed by atoms with Crippen molar-refractivity contribution >= 4 is 10.0 Å². The van der Waals surface area contributed by atoms with E-state index in [-0.39, 0.29) is 23.2 Å². The average Bonchev–Trinajstić information content (AvgIpc) is 2.97. The van der Waals surface area contributed by atoms with E-state index in [1.807, 2.05) is 0 Å². The molecule has 1 atom stereocenters. The van der Waals surface area contributed by atoms with Gasteiger partial charge < -0.3 is 14.6 Å². The number of aliphatic hydroxyl groups excluding tert-OH is 1. The summed E-state index contributed by atoms with van der Waals surface area (Å²) in [5.74, 6) is 0.444. The summed E-state index contributed by atoms with van der Waals surface area (Å²) in [6, 6.07) is 4.53. The van der Waals surface area contributed by atoms with Crippen LogP contribution in [0.25, 0.3) is 0 Å². The van der Waals surface area contributed by atoms with Gasteiger partial charge >= 0.3 is 0 Å². The zero-order valence-electron chi connectivity index (χ0n) is 11.3. The summed E-state index contributed by atoms with van der Waals surface area (Å²) >= 11 is 0.